The normalized spacial score (nSPS) is 17.2. The monoisotopic (exact) mass is 307 g/mol. The van der Waals surface area contributed by atoms with E-state index in [4.69, 9.17) is 5.73 Å². The van der Waals surface area contributed by atoms with Gasteiger partial charge in [0, 0.05) is 10.3 Å². The van der Waals surface area contributed by atoms with E-state index < -0.39 is 0 Å². The van der Waals surface area contributed by atoms with Gasteiger partial charge in [-0.3, -0.25) is 4.79 Å². The predicted octanol–water partition coefficient (Wildman–Crippen LogP) is 3.45. The minimum Gasteiger partial charge on any atom is -0.375 e. The SMILES string of the molecule is Nc1nc(C(=O)NC(c2cccs2)C2CCCC2)cs1. The summed E-state index contributed by atoms with van der Waals surface area (Å²) in [5.74, 6) is 0.414. The van der Waals surface area contributed by atoms with E-state index in [0.29, 0.717) is 16.7 Å². The van der Waals surface area contributed by atoms with Crippen molar-refractivity contribution in [3.05, 3.63) is 33.5 Å². The van der Waals surface area contributed by atoms with Crippen LogP contribution in [-0.2, 0) is 0 Å². The van der Waals surface area contributed by atoms with Crippen LogP contribution < -0.4 is 11.1 Å². The highest BCUT2D eigenvalue weighted by atomic mass is 32.1. The zero-order valence-corrected chi connectivity index (χ0v) is 12.7. The van der Waals surface area contributed by atoms with Crippen LogP contribution in [0.5, 0.6) is 0 Å². The molecule has 2 heterocycles. The first kappa shape index (κ1) is 13.6. The van der Waals surface area contributed by atoms with Crippen LogP contribution in [-0.4, -0.2) is 10.9 Å². The van der Waals surface area contributed by atoms with Crippen molar-refractivity contribution >= 4 is 33.7 Å². The molecule has 1 amide bonds. The lowest BCUT2D eigenvalue weighted by Gasteiger charge is -2.23. The Balaban J connectivity index is 1.77. The second-order valence-electron chi connectivity index (χ2n) is 5.08. The quantitative estimate of drug-likeness (QED) is 0.909. The van der Waals surface area contributed by atoms with Crippen molar-refractivity contribution in [1.82, 2.24) is 10.3 Å². The highest BCUT2D eigenvalue weighted by Gasteiger charge is 2.29. The summed E-state index contributed by atoms with van der Waals surface area (Å²) in [4.78, 5) is 17.6. The van der Waals surface area contributed by atoms with E-state index in [2.05, 4.69) is 21.7 Å². The molecular formula is C14H17N3OS2. The van der Waals surface area contributed by atoms with Gasteiger partial charge in [0.15, 0.2) is 5.13 Å². The van der Waals surface area contributed by atoms with E-state index in [9.17, 15) is 4.79 Å². The average molecular weight is 307 g/mol. The molecule has 1 unspecified atom stereocenters. The highest BCUT2D eigenvalue weighted by Crippen LogP contribution is 2.37. The van der Waals surface area contributed by atoms with Crippen molar-refractivity contribution in [1.29, 1.82) is 0 Å². The number of hydrogen-bond acceptors (Lipinski definition) is 5. The molecule has 0 saturated heterocycles. The number of nitrogens with zero attached hydrogens (tertiary/aromatic N) is 1. The van der Waals surface area contributed by atoms with Crippen molar-refractivity contribution in [3.63, 3.8) is 0 Å². The number of rotatable bonds is 4. The molecule has 0 bridgehead atoms. The zero-order chi connectivity index (χ0) is 13.9. The summed E-state index contributed by atoms with van der Waals surface area (Å²) in [5, 5.41) is 7.36. The van der Waals surface area contributed by atoms with E-state index in [-0.39, 0.29) is 11.9 Å². The maximum atomic E-state index is 12.3. The molecule has 0 spiro atoms. The summed E-state index contributed by atoms with van der Waals surface area (Å²) < 4.78 is 0. The van der Waals surface area contributed by atoms with Crippen molar-refractivity contribution < 1.29 is 4.79 Å². The van der Waals surface area contributed by atoms with E-state index in [0.717, 1.165) is 0 Å². The second kappa shape index (κ2) is 5.93. The molecule has 1 fully saturated rings. The van der Waals surface area contributed by atoms with Crippen LogP contribution in [0.4, 0.5) is 5.13 Å². The topological polar surface area (TPSA) is 68.0 Å². The fraction of sp³-hybridized carbons (Fsp3) is 0.429. The number of carbonyl (C=O) groups excluding carboxylic acids is 1. The number of nitrogens with one attached hydrogen (secondary N) is 1. The number of amides is 1. The largest absolute Gasteiger partial charge is 0.375 e. The fourth-order valence-corrected chi connectivity index (χ4v) is 4.20. The molecule has 1 saturated carbocycles. The fourth-order valence-electron chi connectivity index (χ4n) is 2.79. The summed E-state index contributed by atoms with van der Waals surface area (Å²) >= 11 is 3.00. The van der Waals surface area contributed by atoms with Gasteiger partial charge in [-0.25, -0.2) is 4.98 Å². The Morgan fingerprint density at radius 3 is 2.80 bits per heavy atom. The third kappa shape index (κ3) is 2.86. The first-order chi connectivity index (χ1) is 9.74. The predicted molar refractivity (Wildman–Crippen MR) is 83.0 cm³/mol. The van der Waals surface area contributed by atoms with Gasteiger partial charge in [-0.15, -0.1) is 22.7 Å². The molecule has 4 nitrogen and oxygen atoms in total. The van der Waals surface area contributed by atoms with Gasteiger partial charge in [-0.2, -0.15) is 0 Å². The van der Waals surface area contributed by atoms with Crippen LogP contribution in [0.3, 0.4) is 0 Å². The molecule has 20 heavy (non-hydrogen) atoms. The number of thiophene rings is 1. The standard InChI is InChI=1S/C14H17N3OS2/c15-14-16-10(8-20-14)13(18)17-12(9-4-1-2-5-9)11-6-3-7-19-11/h3,6-9,12H,1-2,4-5H2,(H2,15,16)(H,17,18). The molecule has 1 aliphatic carbocycles. The molecular weight excluding hydrogens is 290 g/mol. The number of thiazole rings is 1. The number of nitrogen functional groups attached to an aromatic ring is 1. The van der Waals surface area contributed by atoms with Crippen LogP contribution in [0.1, 0.15) is 47.1 Å². The summed E-state index contributed by atoms with van der Waals surface area (Å²) in [6.45, 7) is 0. The number of carbonyl (C=O) groups is 1. The molecule has 1 atom stereocenters. The van der Waals surface area contributed by atoms with Crippen LogP contribution in [0.25, 0.3) is 0 Å². The van der Waals surface area contributed by atoms with Gasteiger partial charge in [-0.05, 0) is 30.2 Å². The summed E-state index contributed by atoms with van der Waals surface area (Å²) in [6, 6.07) is 4.24. The minimum atomic E-state index is -0.122. The summed E-state index contributed by atoms with van der Waals surface area (Å²) in [5.41, 5.74) is 6.02. The van der Waals surface area contributed by atoms with Crippen molar-refractivity contribution in [2.45, 2.75) is 31.7 Å². The zero-order valence-electron chi connectivity index (χ0n) is 11.0. The minimum absolute atomic E-state index is 0.105. The van der Waals surface area contributed by atoms with E-state index in [1.54, 1.807) is 16.7 Å². The molecule has 6 heteroatoms. The molecule has 0 radical (unpaired) electrons. The van der Waals surface area contributed by atoms with Gasteiger partial charge in [0.25, 0.3) is 5.91 Å². The Morgan fingerprint density at radius 2 is 2.20 bits per heavy atom. The molecule has 2 aromatic heterocycles. The molecule has 2 aromatic rings. The van der Waals surface area contributed by atoms with E-state index in [1.807, 2.05) is 6.07 Å². The van der Waals surface area contributed by atoms with E-state index >= 15 is 0 Å². The third-order valence-electron chi connectivity index (χ3n) is 3.76. The smallest absolute Gasteiger partial charge is 0.271 e. The number of anilines is 1. The second-order valence-corrected chi connectivity index (χ2v) is 6.95. The van der Waals surface area contributed by atoms with Crippen LogP contribution in [0.15, 0.2) is 22.9 Å². The Kier molecular flexibility index (Phi) is 4.03. The first-order valence-electron chi connectivity index (χ1n) is 6.79. The number of aromatic nitrogens is 1. The Labute approximate surface area is 126 Å². The first-order valence-corrected chi connectivity index (χ1v) is 8.55. The Bertz CT molecular complexity index is 573. The molecule has 3 rings (SSSR count). The summed E-state index contributed by atoms with van der Waals surface area (Å²) in [6.07, 6.45) is 4.88. The Morgan fingerprint density at radius 1 is 1.40 bits per heavy atom. The molecule has 1 aliphatic rings. The lowest BCUT2D eigenvalue weighted by Crippen LogP contribution is -2.32. The molecule has 0 aromatic carbocycles. The van der Waals surface area contributed by atoms with Gasteiger partial charge in [0.05, 0.1) is 6.04 Å². The van der Waals surface area contributed by atoms with Crippen LogP contribution in [0.2, 0.25) is 0 Å². The van der Waals surface area contributed by atoms with Gasteiger partial charge in [0.2, 0.25) is 0 Å². The maximum Gasteiger partial charge on any atom is 0.271 e. The number of hydrogen-bond donors (Lipinski definition) is 2. The molecule has 106 valence electrons. The van der Waals surface area contributed by atoms with E-state index in [1.165, 1.54) is 41.9 Å². The average Bonchev–Trinajstić information content (AvgIpc) is 3.17. The van der Waals surface area contributed by atoms with Crippen molar-refractivity contribution in [2.75, 3.05) is 5.73 Å². The number of nitrogens with two attached hydrogens (primary N) is 1. The molecule has 3 N–H and O–H groups in total. The van der Waals surface area contributed by atoms with Crippen LogP contribution in [0, 0.1) is 5.92 Å². The van der Waals surface area contributed by atoms with Gasteiger partial charge >= 0.3 is 0 Å². The van der Waals surface area contributed by atoms with Gasteiger partial charge in [0.1, 0.15) is 5.69 Å². The third-order valence-corrected chi connectivity index (χ3v) is 5.39. The summed E-state index contributed by atoms with van der Waals surface area (Å²) in [7, 11) is 0. The van der Waals surface area contributed by atoms with Crippen LogP contribution >= 0.6 is 22.7 Å². The highest BCUT2D eigenvalue weighted by molar-refractivity contribution is 7.13. The van der Waals surface area contributed by atoms with Crippen molar-refractivity contribution in [3.8, 4) is 0 Å². The Hall–Kier alpha value is -1.40. The molecule has 0 aliphatic heterocycles. The van der Waals surface area contributed by atoms with Gasteiger partial charge < -0.3 is 11.1 Å². The lowest BCUT2D eigenvalue weighted by molar-refractivity contribution is 0.0918. The van der Waals surface area contributed by atoms with Gasteiger partial charge in [-0.1, -0.05) is 18.9 Å². The lowest BCUT2D eigenvalue weighted by atomic mass is 9.96. The maximum absolute atomic E-state index is 12.3. The van der Waals surface area contributed by atoms with Crippen molar-refractivity contribution in [2.24, 2.45) is 5.92 Å².